The van der Waals surface area contributed by atoms with E-state index in [2.05, 4.69) is 21.2 Å². The van der Waals surface area contributed by atoms with Crippen LogP contribution >= 0.6 is 0 Å². The molecule has 0 spiro atoms. The number of fused-ring (bicyclic) bond motifs is 1. The van der Waals surface area contributed by atoms with E-state index in [0.29, 0.717) is 22.4 Å². The number of carbonyl (C=O) groups excluding carboxylic acids is 1. The van der Waals surface area contributed by atoms with Crippen molar-refractivity contribution in [3.63, 3.8) is 0 Å². The molecule has 2 aromatic carbocycles. The molecular formula is C25H23FN4O6. The highest BCUT2D eigenvalue weighted by atomic mass is 19.1. The van der Waals surface area contributed by atoms with Crippen LogP contribution in [0.2, 0.25) is 0 Å². The zero-order valence-corrected chi connectivity index (χ0v) is 19.2. The number of nitrogens with one attached hydrogen (secondary N) is 2. The smallest absolute Gasteiger partial charge is 0.326 e. The second-order valence-corrected chi connectivity index (χ2v) is 8.02. The van der Waals surface area contributed by atoms with Gasteiger partial charge in [-0.05, 0) is 49.2 Å². The van der Waals surface area contributed by atoms with Crippen LogP contribution in [0.15, 0.2) is 41.2 Å². The Kier molecular flexibility index (Phi) is 8.01. The van der Waals surface area contributed by atoms with Gasteiger partial charge < -0.3 is 25.4 Å². The molecule has 1 amide bonds. The second-order valence-electron chi connectivity index (χ2n) is 8.02. The maximum atomic E-state index is 14.9. The first-order chi connectivity index (χ1) is 17.1. The fourth-order valence-corrected chi connectivity index (χ4v) is 3.62. The van der Waals surface area contributed by atoms with E-state index in [1.165, 1.54) is 12.1 Å². The number of aromatic amines is 1. The molecule has 0 saturated carbocycles. The fraction of sp³-hybridized carbons (Fsp3) is 0.240. The van der Waals surface area contributed by atoms with Gasteiger partial charge in [0.15, 0.2) is 0 Å². The molecule has 0 aliphatic rings. The van der Waals surface area contributed by atoms with Crippen molar-refractivity contribution in [1.29, 1.82) is 0 Å². The largest absolute Gasteiger partial charge is 0.481 e. The Labute approximate surface area is 204 Å². The lowest BCUT2D eigenvalue weighted by atomic mass is 10.1. The van der Waals surface area contributed by atoms with Gasteiger partial charge in [-0.15, -0.1) is 6.42 Å². The van der Waals surface area contributed by atoms with Crippen LogP contribution in [0.1, 0.15) is 34.6 Å². The summed E-state index contributed by atoms with van der Waals surface area (Å²) in [5.41, 5.74) is 0.928. The van der Waals surface area contributed by atoms with Crippen molar-refractivity contribution >= 4 is 34.4 Å². The Balaban J connectivity index is 1.82. The van der Waals surface area contributed by atoms with Gasteiger partial charge in [-0.1, -0.05) is 12.0 Å². The van der Waals surface area contributed by atoms with E-state index in [9.17, 15) is 28.7 Å². The minimum Gasteiger partial charge on any atom is -0.481 e. The normalized spacial score (nSPS) is 11.5. The van der Waals surface area contributed by atoms with Crippen LogP contribution in [0.25, 0.3) is 10.9 Å². The van der Waals surface area contributed by atoms with Crippen molar-refractivity contribution in [2.75, 3.05) is 11.4 Å². The van der Waals surface area contributed by atoms with Crippen molar-refractivity contribution in [3.8, 4) is 12.3 Å². The van der Waals surface area contributed by atoms with Crippen molar-refractivity contribution < 1.29 is 29.0 Å². The van der Waals surface area contributed by atoms with Crippen LogP contribution in [-0.2, 0) is 16.1 Å². The third kappa shape index (κ3) is 6.24. The number of halogens is 1. The Morgan fingerprint density at radius 1 is 1.22 bits per heavy atom. The topological polar surface area (TPSA) is 153 Å². The Morgan fingerprint density at radius 3 is 2.61 bits per heavy atom. The lowest BCUT2D eigenvalue weighted by Crippen LogP contribution is -2.41. The van der Waals surface area contributed by atoms with Gasteiger partial charge in [-0.2, -0.15) is 0 Å². The van der Waals surface area contributed by atoms with Crippen molar-refractivity contribution in [1.82, 2.24) is 15.3 Å². The van der Waals surface area contributed by atoms with Crippen LogP contribution in [0.5, 0.6) is 0 Å². The van der Waals surface area contributed by atoms with E-state index < -0.39 is 41.7 Å². The lowest BCUT2D eigenvalue weighted by Gasteiger charge is -2.23. The van der Waals surface area contributed by atoms with E-state index in [0.717, 1.165) is 11.6 Å². The summed E-state index contributed by atoms with van der Waals surface area (Å²) in [6.45, 7) is 2.01. The van der Waals surface area contributed by atoms with Gasteiger partial charge in [-0.25, -0.2) is 14.2 Å². The Morgan fingerprint density at radius 2 is 1.97 bits per heavy atom. The summed E-state index contributed by atoms with van der Waals surface area (Å²) in [6.07, 6.45) is 4.66. The molecule has 1 heterocycles. The molecule has 1 atom stereocenters. The first-order valence-corrected chi connectivity index (χ1v) is 10.8. The summed E-state index contributed by atoms with van der Waals surface area (Å²) >= 11 is 0. The highest BCUT2D eigenvalue weighted by molar-refractivity contribution is 5.97. The third-order valence-electron chi connectivity index (χ3n) is 5.36. The number of hydrogen-bond acceptors (Lipinski definition) is 6. The molecule has 0 unspecified atom stereocenters. The van der Waals surface area contributed by atoms with Crippen LogP contribution < -0.4 is 15.8 Å². The van der Waals surface area contributed by atoms with Crippen LogP contribution in [0, 0.1) is 25.1 Å². The molecule has 3 aromatic rings. The number of amides is 1. The number of carboxylic acids is 2. The zero-order valence-electron chi connectivity index (χ0n) is 19.2. The summed E-state index contributed by atoms with van der Waals surface area (Å²) in [4.78, 5) is 55.4. The molecule has 1 aromatic heterocycles. The molecule has 0 fully saturated rings. The first kappa shape index (κ1) is 25.9. The van der Waals surface area contributed by atoms with E-state index in [1.54, 1.807) is 30.0 Å². The van der Waals surface area contributed by atoms with E-state index in [1.807, 2.05) is 0 Å². The molecule has 0 aliphatic carbocycles. The van der Waals surface area contributed by atoms with E-state index >= 15 is 0 Å². The lowest BCUT2D eigenvalue weighted by molar-refractivity contribution is -0.140. The van der Waals surface area contributed by atoms with Crippen LogP contribution in [0.4, 0.5) is 10.1 Å². The van der Waals surface area contributed by atoms with Gasteiger partial charge in [0, 0.05) is 18.7 Å². The number of nitrogens with zero attached hydrogens (tertiary/aromatic N) is 2. The SMILES string of the molecule is C#CCN(Cc1ccc2nc(C)[nH]c(=O)c2c1)c1ccc(C(=O)N[C@@H](CCC(=O)O)C(=O)O)c(F)c1. The molecule has 186 valence electrons. The maximum Gasteiger partial charge on any atom is 0.326 e. The number of H-pyrrole nitrogens is 1. The number of aryl methyl sites for hydroxylation is 1. The Hall–Kier alpha value is -4.72. The monoisotopic (exact) mass is 494 g/mol. The van der Waals surface area contributed by atoms with Gasteiger partial charge in [0.25, 0.3) is 11.5 Å². The third-order valence-corrected chi connectivity index (χ3v) is 5.36. The predicted octanol–water partition coefficient (Wildman–Crippen LogP) is 2.06. The van der Waals surface area contributed by atoms with Gasteiger partial charge in [-0.3, -0.25) is 14.4 Å². The minimum atomic E-state index is -1.49. The molecule has 3 rings (SSSR count). The summed E-state index contributed by atoms with van der Waals surface area (Å²) in [5, 5.41) is 20.5. The zero-order chi connectivity index (χ0) is 26.4. The minimum absolute atomic E-state index is 0.0990. The quantitative estimate of drug-likeness (QED) is 0.313. The molecule has 36 heavy (non-hydrogen) atoms. The number of hydrogen-bond donors (Lipinski definition) is 4. The number of aliphatic carboxylic acids is 2. The van der Waals surface area contributed by atoms with Crippen LogP contribution in [-0.4, -0.2) is 50.6 Å². The van der Waals surface area contributed by atoms with Gasteiger partial charge in [0.1, 0.15) is 17.7 Å². The average molecular weight is 494 g/mol. The highest BCUT2D eigenvalue weighted by Crippen LogP contribution is 2.22. The number of aromatic nitrogens is 2. The molecule has 0 radical (unpaired) electrons. The van der Waals surface area contributed by atoms with E-state index in [4.69, 9.17) is 11.5 Å². The van der Waals surface area contributed by atoms with Crippen LogP contribution in [0.3, 0.4) is 0 Å². The standard InChI is InChI=1S/C25H23FN4O6/c1-3-10-30(13-15-4-7-20-18(11-15)24(34)28-14(2)27-20)16-5-6-17(19(26)12-16)23(33)29-21(25(35)36)8-9-22(31)32/h1,4-7,11-12,21H,8-10,13H2,2H3,(H,29,33)(H,31,32)(H,35,36)(H,27,28,34)/t21-/m0/s1. The van der Waals surface area contributed by atoms with Crippen molar-refractivity contribution in [3.05, 3.63) is 69.5 Å². The van der Waals surface area contributed by atoms with Crippen molar-refractivity contribution in [2.45, 2.75) is 32.4 Å². The fourth-order valence-electron chi connectivity index (χ4n) is 3.62. The van der Waals surface area contributed by atoms with Gasteiger partial charge in [0.05, 0.1) is 23.0 Å². The molecule has 0 aliphatic heterocycles. The number of benzene rings is 2. The summed E-state index contributed by atoms with van der Waals surface area (Å²) < 4.78 is 14.9. The average Bonchev–Trinajstić information content (AvgIpc) is 2.81. The molecule has 10 nitrogen and oxygen atoms in total. The maximum absolute atomic E-state index is 14.9. The van der Waals surface area contributed by atoms with Crippen molar-refractivity contribution in [2.24, 2.45) is 0 Å². The summed E-state index contributed by atoms with van der Waals surface area (Å²) in [6, 6.07) is 7.42. The number of carboxylic acid groups (broad SMARTS) is 2. The Bertz CT molecular complexity index is 1430. The number of anilines is 1. The van der Waals surface area contributed by atoms with Gasteiger partial charge >= 0.3 is 11.9 Å². The second kappa shape index (κ2) is 11.1. The van der Waals surface area contributed by atoms with E-state index in [-0.39, 0.29) is 25.1 Å². The van der Waals surface area contributed by atoms with Gasteiger partial charge in [0.2, 0.25) is 0 Å². The molecule has 4 N–H and O–H groups in total. The summed E-state index contributed by atoms with van der Waals surface area (Å²) in [5.74, 6) is -1.57. The molecule has 0 bridgehead atoms. The predicted molar refractivity (Wildman–Crippen MR) is 129 cm³/mol. The number of rotatable bonds is 10. The summed E-state index contributed by atoms with van der Waals surface area (Å²) in [7, 11) is 0. The first-order valence-electron chi connectivity index (χ1n) is 10.8. The number of terminal acetylenes is 1. The molecule has 11 heteroatoms. The molecule has 0 saturated heterocycles. The highest BCUT2D eigenvalue weighted by Gasteiger charge is 2.23. The number of carbonyl (C=O) groups is 3. The molecular weight excluding hydrogens is 471 g/mol.